The van der Waals surface area contributed by atoms with Crippen molar-refractivity contribution in [1.82, 2.24) is 0 Å². The summed E-state index contributed by atoms with van der Waals surface area (Å²) in [6.07, 6.45) is 1.24. The molecule has 1 aliphatic heterocycles. The first-order chi connectivity index (χ1) is 7.65. The van der Waals surface area contributed by atoms with E-state index in [1.54, 1.807) is 0 Å². The number of hydrogen-bond donors (Lipinski definition) is 1. The van der Waals surface area contributed by atoms with Crippen LogP contribution in [0.5, 0.6) is 0 Å². The highest BCUT2D eigenvalue weighted by Gasteiger charge is 2.34. The molecule has 0 bridgehead atoms. The Hall–Kier alpha value is -1.00. The molecular weight excluding hydrogens is 212 g/mol. The van der Waals surface area contributed by atoms with Crippen LogP contribution >= 0.6 is 0 Å². The molecule has 0 saturated carbocycles. The van der Waals surface area contributed by atoms with Gasteiger partial charge < -0.3 is 10.5 Å². The van der Waals surface area contributed by atoms with E-state index in [1.807, 2.05) is 0 Å². The summed E-state index contributed by atoms with van der Waals surface area (Å²) in [5.41, 5.74) is 5.87. The van der Waals surface area contributed by atoms with Gasteiger partial charge in [-0.1, -0.05) is 0 Å². The monoisotopic (exact) mass is 227 g/mol. The van der Waals surface area contributed by atoms with Crippen LogP contribution in [-0.4, -0.2) is 19.8 Å². The number of hydrogen-bond acceptors (Lipinski definition) is 2. The quantitative estimate of drug-likeness (QED) is 0.855. The molecule has 0 spiro atoms. The second-order valence-electron chi connectivity index (χ2n) is 4.42. The zero-order chi connectivity index (χ0) is 11.6. The molecule has 1 unspecified atom stereocenters. The van der Waals surface area contributed by atoms with Gasteiger partial charge in [0.2, 0.25) is 0 Å². The first-order valence-corrected chi connectivity index (χ1v) is 5.37. The van der Waals surface area contributed by atoms with Crippen molar-refractivity contribution in [1.29, 1.82) is 0 Å². The van der Waals surface area contributed by atoms with Gasteiger partial charge >= 0.3 is 0 Å². The molecule has 1 aromatic rings. The highest BCUT2D eigenvalue weighted by atomic mass is 19.1. The van der Waals surface area contributed by atoms with E-state index in [2.05, 4.69) is 0 Å². The summed E-state index contributed by atoms with van der Waals surface area (Å²) >= 11 is 0. The zero-order valence-electron chi connectivity index (χ0n) is 9.01. The average Bonchev–Trinajstić information content (AvgIpc) is 2.73. The molecule has 1 aromatic carbocycles. The first-order valence-electron chi connectivity index (χ1n) is 5.37. The maximum absolute atomic E-state index is 13.5. The molecule has 0 amide bonds. The van der Waals surface area contributed by atoms with Crippen molar-refractivity contribution >= 4 is 0 Å². The summed E-state index contributed by atoms with van der Waals surface area (Å²) in [6.45, 7) is 1.61. The van der Waals surface area contributed by atoms with Gasteiger partial charge in [0, 0.05) is 18.6 Å². The van der Waals surface area contributed by atoms with Crippen molar-refractivity contribution in [2.45, 2.75) is 12.8 Å². The van der Waals surface area contributed by atoms with Gasteiger partial charge in [-0.25, -0.2) is 8.78 Å². The minimum absolute atomic E-state index is 0.228. The Bertz CT molecular complexity index is 375. The van der Waals surface area contributed by atoms with Crippen molar-refractivity contribution < 1.29 is 13.5 Å². The minimum Gasteiger partial charge on any atom is -0.381 e. The number of benzene rings is 1. The van der Waals surface area contributed by atoms with Gasteiger partial charge in [0.25, 0.3) is 0 Å². The van der Waals surface area contributed by atoms with Crippen LogP contribution in [0.3, 0.4) is 0 Å². The number of rotatable bonds is 3. The number of ether oxygens (including phenoxy) is 1. The third kappa shape index (κ3) is 2.23. The highest BCUT2D eigenvalue weighted by molar-refractivity contribution is 5.20. The van der Waals surface area contributed by atoms with Crippen LogP contribution in [0.25, 0.3) is 0 Å². The maximum Gasteiger partial charge on any atom is 0.126 e. The van der Waals surface area contributed by atoms with Gasteiger partial charge in [-0.05, 0) is 36.6 Å². The summed E-state index contributed by atoms with van der Waals surface area (Å²) in [7, 11) is 0. The summed E-state index contributed by atoms with van der Waals surface area (Å²) < 4.78 is 31.8. The number of nitrogens with two attached hydrogens (primary N) is 1. The summed E-state index contributed by atoms with van der Waals surface area (Å²) in [4.78, 5) is 0. The maximum atomic E-state index is 13.5. The Morgan fingerprint density at radius 3 is 2.81 bits per heavy atom. The van der Waals surface area contributed by atoms with Crippen LogP contribution in [0.1, 0.15) is 12.0 Å². The highest BCUT2D eigenvalue weighted by Crippen LogP contribution is 2.32. The second kappa shape index (κ2) is 4.47. The third-order valence-electron chi connectivity index (χ3n) is 3.19. The summed E-state index contributed by atoms with van der Waals surface area (Å²) in [5, 5.41) is 0. The van der Waals surface area contributed by atoms with E-state index in [-0.39, 0.29) is 11.2 Å². The summed E-state index contributed by atoms with van der Waals surface area (Å²) in [5.74, 6) is -0.788. The van der Waals surface area contributed by atoms with Gasteiger partial charge in [-0.15, -0.1) is 0 Å². The SMILES string of the molecule is NCC1(Cc2cc(F)ccc2F)CCOC1. The molecular formula is C12H15F2NO. The fourth-order valence-corrected chi connectivity index (χ4v) is 2.10. The van der Waals surface area contributed by atoms with E-state index in [0.29, 0.717) is 31.7 Å². The Morgan fingerprint density at radius 1 is 1.38 bits per heavy atom. The molecule has 1 saturated heterocycles. The third-order valence-corrected chi connectivity index (χ3v) is 3.19. The molecule has 2 nitrogen and oxygen atoms in total. The lowest BCUT2D eigenvalue weighted by Crippen LogP contribution is -2.33. The van der Waals surface area contributed by atoms with E-state index in [0.717, 1.165) is 18.6 Å². The van der Waals surface area contributed by atoms with Gasteiger partial charge in [-0.3, -0.25) is 0 Å². The van der Waals surface area contributed by atoms with Crippen molar-refractivity contribution in [3.63, 3.8) is 0 Å². The molecule has 0 aliphatic carbocycles. The normalized spacial score (nSPS) is 24.9. The smallest absolute Gasteiger partial charge is 0.126 e. The van der Waals surface area contributed by atoms with Crippen LogP contribution in [0.4, 0.5) is 8.78 Å². The molecule has 1 heterocycles. The summed E-state index contributed by atoms with van der Waals surface area (Å²) in [6, 6.07) is 3.52. The largest absolute Gasteiger partial charge is 0.381 e. The van der Waals surface area contributed by atoms with E-state index < -0.39 is 5.82 Å². The molecule has 1 aliphatic rings. The molecule has 2 N–H and O–H groups in total. The van der Waals surface area contributed by atoms with Gasteiger partial charge in [0.15, 0.2) is 0 Å². The Morgan fingerprint density at radius 2 is 2.19 bits per heavy atom. The first kappa shape index (κ1) is 11.5. The van der Waals surface area contributed by atoms with Crippen molar-refractivity contribution in [3.8, 4) is 0 Å². The van der Waals surface area contributed by atoms with E-state index >= 15 is 0 Å². The lowest BCUT2D eigenvalue weighted by molar-refractivity contribution is 0.154. The van der Waals surface area contributed by atoms with Gasteiger partial charge in [-0.2, -0.15) is 0 Å². The van der Waals surface area contributed by atoms with E-state index in [1.165, 1.54) is 6.07 Å². The van der Waals surface area contributed by atoms with E-state index in [4.69, 9.17) is 10.5 Å². The van der Waals surface area contributed by atoms with Gasteiger partial charge in [0.05, 0.1) is 6.61 Å². The van der Waals surface area contributed by atoms with Crippen LogP contribution in [0.15, 0.2) is 18.2 Å². The molecule has 1 atom stereocenters. The second-order valence-corrected chi connectivity index (χ2v) is 4.42. The lowest BCUT2D eigenvalue weighted by atomic mass is 9.81. The van der Waals surface area contributed by atoms with Crippen molar-refractivity contribution in [3.05, 3.63) is 35.4 Å². The van der Waals surface area contributed by atoms with Crippen LogP contribution in [0.2, 0.25) is 0 Å². The molecule has 16 heavy (non-hydrogen) atoms. The topological polar surface area (TPSA) is 35.2 Å². The van der Waals surface area contributed by atoms with Crippen LogP contribution in [-0.2, 0) is 11.2 Å². The van der Waals surface area contributed by atoms with Crippen LogP contribution in [0, 0.1) is 17.0 Å². The predicted molar refractivity (Wildman–Crippen MR) is 57.0 cm³/mol. The molecule has 0 aromatic heterocycles. The minimum atomic E-state index is -0.414. The van der Waals surface area contributed by atoms with Crippen LogP contribution < -0.4 is 5.73 Å². The molecule has 1 fully saturated rings. The Labute approximate surface area is 93.4 Å². The predicted octanol–water partition coefficient (Wildman–Crippen LogP) is 1.87. The van der Waals surface area contributed by atoms with Crippen molar-refractivity contribution in [2.75, 3.05) is 19.8 Å². The van der Waals surface area contributed by atoms with Gasteiger partial charge in [0.1, 0.15) is 11.6 Å². The molecule has 2 rings (SSSR count). The Balaban J connectivity index is 2.21. The fourth-order valence-electron chi connectivity index (χ4n) is 2.10. The van der Waals surface area contributed by atoms with E-state index in [9.17, 15) is 8.78 Å². The zero-order valence-corrected chi connectivity index (χ0v) is 9.01. The number of halogens is 2. The Kier molecular flexibility index (Phi) is 3.21. The molecule has 0 radical (unpaired) electrons. The lowest BCUT2D eigenvalue weighted by Gasteiger charge is -2.25. The molecule has 4 heteroatoms. The van der Waals surface area contributed by atoms with Crippen molar-refractivity contribution in [2.24, 2.45) is 11.1 Å². The fraction of sp³-hybridized carbons (Fsp3) is 0.500. The standard InChI is InChI=1S/C12H15F2NO/c13-10-1-2-11(14)9(5-10)6-12(7-15)3-4-16-8-12/h1-2,5H,3-4,6-8,15H2. The average molecular weight is 227 g/mol. The molecule has 88 valence electrons.